The van der Waals surface area contributed by atoms with Crippen molar-refractivity contribution in [2.45, 2.75) is 38.8 Å². The molecule has 1 aromatic heterocycles. The summed E-state index contributed by atoms with van der Waals surface area (Å²) >= 11 is 0. The van der Waals surface area contributed by atoms with Gasteiger partial charge in [0.05, 0.1) is 18.6 Å². The average molecular weight is 223 g/mol. The first-order chi connectivity index (χ1) is 7.77. The Balaban J connectivity index is 1.97. The molecule has 90 valence electrons. The van der Waals surface area contributed by atoms with Gasteiger partial charge in [-0.2, -0.15) is 0 Å². The second-order valence-electron chi connectivity index (χ2n) is 4.81. The van der Waals surface area contributed by atoms with Crippen LogP contribution in [-0.2, 0) is 4.74 Å². The standard InChI is InChI=1S/C13H21NO2/c1-10(2)14-8-11-4-3-6-16-13(11)12-5-7-15-9-12/h5,7,9-11,13-14H,3-4,6,8H2,1-2H3. The van der Waals surface area contributed by atoms with Crippen LogP contribution in [0.3, 0.4) is 0 Å². The molecule has 1 fully saturated rings. The van der Waals surface area contributed by atoms with Gasteiger partial charge < -0.3 is 14.5 Å². The smallest absolute Gasteiger partial charge is 0.0960 e. The molecule has 2 rings (SSSR count). The van der Waals surface area contributed by atoms with Crippen molar-refractivity contribution in [3.8, 4) is 0 Å². The molecule has 3 heteroatoms. The molecule has 0 bridgehead atoms. The molecule has 0 aliphatic carbocycles. The van der Waals surface area contributed by atoms with Gasteiger partial charge in [-0.25, -0.2) is 0 Å². The summed E-state index contributed by atoms with van der Waals surface area (Å²) in [6, 6.07) is 2.55. The highest BCUT2D eigenvalue weighted by Gasteiger charge is 2.27. The van der Waals surface area contributed by atoms with E-state index >= 15 is 0 Å². The van der Waals surface area contributed by atoms with Gasteiger partial charge >= 0.3 is 0 Å². The minimum absolute atomic E-state index is 0.207. The Bertz CT molecular complexity index is 295. The van der Waals surface area contributed by atoms with Crippen molar-refractivity contribution in [1.82, 2.24) is 5.32 Å². The van der Waals surface area contributed by atoms with Crippen LogP contribution >= 0.6 is 0 Å². The van der Waals surface area contributed by atoms with Crippen molar-refractivity contribution >= 4 is 0 Å². The molecule has 0 amide bonds. The molecule has 1 saturated heterocycles. The Labute approximate surface area is 97.2 Å². The monoisotopic (exact) mass is 223 g/mol. The highest BCUT2D eigenvalue weighted by Crippen LogP contribution is 2.33. The molecule has 1 aliphatic heterocycles. The zero-order chi connectivity index (χ0) is 11.4. The first kappa shape index (κ1) is 11.7. The number of nitrogens with one attached hydrogen (secondary N) is 1. The van der Waals surface area contributed by atoms with Crippen LogP contribution in [-0.4, -0.2) is 19.2 Å². The van der Waals surface area contributed by atoms with Gasteiger partial charge in [-0.05, 0) is 18.9 Å². The van der Waals surface area contributed by atoms with Gasteiger partial charge in [-0.1, -0.05) is 13.8 Å². The van der Waals surface area contributed by atoms with Crippen LogP contribution in [0.15, 0.2) is 23.0 Å². The quantitative estimate of drug-likeness (QED) is 0.852. The largest absolute Gasteiger partial charge is 0.472 e. The summed E-state index contributed by atoms with van der Waals surface area (Å²) in [5.41, 5.74) is 1.18. The maximum absolute atomic E-state index is 5.87. The molecule has 2 unspecified atom stereocenters. The third kappa shape index (κ3) is 2.86. The van der Waals surface area contributed by atoms with Crippen LogP contribution in [0.1, 0.15) is 38.4 Å². The summed E-state index contributed by atoms with van der Waals surface area (Å²) in [6.07, 6.45) is 6.13. The van der Waals surface area contributed by atoms with E-state index in [1.807, 2.05) is 6.07 Å². The van der Waals surface area contributed by atoms with Crippen LogP contribution in [0.25, 0.3) is 0 Å². The molecular weight excluding hydrogens is 202 g/mol. The number of rotatable bonds is 4. The van der Waals surface area contributed by atoms with E-state index in [-0.39, 0.29) is 6.10 Å². The Hall–Kier alpha value is -0.800. The van der Waals surface area contributed by atoms with E-state index in [1.165, 1.54) is 18.4 Å². The van der Waals surface area contributed by atoms with Gasteiger partial charge in [0.1, 0.15) is 0 Å². The Kier molecular flexibility index (Phi) is 4.02. The second kappa shape index (κ2) is 5.51. The average Bonchev–Trinajstić information content (AvgIpc) is 2.80. The molecule has 1 N–H and O–H groups in total. The van der Waals surface area contributed by atoms with Crippen LogP contribution in [0, 0.1) is 5.92 Å². The summed E-state index contributed by atoms with van der Waals surface area (Å²) < 4.78 is 11.0. The van der Waals surface area contributed by atoms with Gasteiger partial charge in [0.15, 0.2) is 0 Å². The highest BCUT2D eigenvalue weighted by atomic mass is 16.5. The SMILES string of the molecule is CC(C)NCC1CCCOC1c1ccoc1. The van der Waals surface area contributed by atoms with Crippen LogP contribution in [0.5, 0.6) is 0 Å². The molecule has 2 atom stereocenters. The minimum Gasteiger partial charge on any atom is -0.472 e. The van der Waals surface area contributed by atoms with Crippen molar-refractivity contribution in [3.05, 3.63) is 24.2 Å². The normalized spacial score (nSPS) is 26.2. The maximum Gasteiger partial charge on any atom is 0.0960 e. The zero-order valence-corrected chi connectivity index (χ0v) is 10.1. The van der Waals surface area contributed by atoms with E-state index in [4.69, 9.17) is 9.15 Å². The molecular formula is C13H21NO2. The van der Waals surface area contributed by atoms with Crippen LogP contribution in [0.2, 0.25) is 0 Å². The van der Waals surface area contributed by atoms with Gasteiger partial charge in [-0.15, -0.1) is 0 Å². The van der Waals surface area contributed by atoms with E-state index in [2.05, 4.69) is 19.2 Å². The summed E-state index contributed by atoms with van der Waals surface area (Å²) in [7, 11) is 0. The molecule has 0 aromatic carbocycles. The van der Waals surface area contributed by atoms with Gasteiger partial charge in [-0.3, -0.25) is 0 Å². The van der Waals surface area contributed by atoms with E-state index in [0.29, 0.717) is 12.0 Å². The molecule has 0 radical (unpaired) electrons. The third-order valence-electron chi connectivity index (χ3n) is 3.10. The summed E-state index contributed by atoms with van der Waals surface area (Å²) in [5, 5.41) is 3.50. The predicted molar refractivity (Wildman–Crippen MR) is 63.3 cm³/mol. The lowest BCUT2D eigenvalue weighted by molar-refractivity contribution is -0.0285. The van der Waals surface area contributed by atoms with Crippen LogP contribution in [0.4, 0.5) is 0 Å². The van der Waals surface area contributed by atoms with Crippen molar-refractivity contribution < 1.29 is 9.15 Å². The van der Waals surface area contributed by atoms with E-state index < -0.39 is 0 Å². The zero-order valence-electron chi connectivity index (χ0n) is 10.1. The van der Waals surface area contributed by atoms with Crippen LogP contribution < -0.4 is 5.32 Å². The molecule has 1 aromatic rings. The summed E-state index contributed by atoms with van der Waals surface area (Å²) in [6.45, 7) is 6.24. The van der Waals surface area contributed by atoms with E-state index in [1.54, 1.807) is 12.5 Å². The molecule has 1 aliphatic rings. The first-order valence-corrected chi connectivity index (χ1v) is 6.14. The van der Waals surface area contributed by atoms with Gasteiger partial charge in [0.25, 0.3) is 0 Å². The molecule has 0 spiro atoms. The Morgan fingerprint density at radius 1 is 1.50 bits per heavy atom. The molecule has 16 heavy (non-hydrogen) atoms. The fourth-order valence-corrected chi connectivity index (χ4v) is 2.24. The fourth-order valence-electron chi connectivity index (χ4n) is 2.24. The lowest BCUT2D eigenvalue weighted by atomic mass is 9.90. The number of ether oxygens (including phenoxy) is 1. The molecule has 0 saturated carbocycles. The maximum atomic E-state index is 5.87. The van der Waals surface area contributed by atoms with E-state index in [0.717, 1.165) is 13.2 Å². The number of hydrogen-bond donors (Lipinski definition) is 1. The van der Waals surface area contributed by atoms with Crippen molar-refractivity contribution in [2.75, 3.05) is 13.2 Å². The fraction of sp³-hybridized carbons (Fsp3) is 0.692. The topological polar surface area (TPSA) is 34.4 Å². The van der Waals surface area contributed by atoms with E-state index in [9.17, 15) is 0 Å². The summed E-state index contributed by atoms with van der Waals surface area (Å²) in [4.78, 5) is 0. The lowest BCUT2D eigenvalue weighted by Crippen LogP contribution is -2.34. The molecule has 3 nitrogen and oxygen atoms in total. The summed E-state index contributed by atoms with van der Waals surface area (Å²) in [5.74, 6) is 0.564. The first-order valence-electron chi connectivity index (χ1n) is 6.14. The number of hydrogen-bond acceptors (Lipinski definition) is 3. The minimum atomic E-state index is 0.207. The highest BCUT2D eigenvalue weighted by molar-refractivity contribution is 5.11. The third-order valence-corrected chi connectivity index (χ3v) is 3.10. The van der Waals surface area contributed by atoms with Gasteiger partial charge in [0.2, 0.25) is 0 Å². The number of furan rings is 1. The Morgan fingerprint density at radius 2 is 2.38 bits per heavy atom. The lowest BCUT2D eigenvalue weighted by Gasteiger charge is -2.31. The van der Waals surface area contributed by atoms with Crippen molar-refractivity contribution in [3.63, 3.8) is 0 Å². The second-order valence-corrected chi connectivity index (χ2v) is 4.81. The van der Waals surface area contributed by atoms with Gasteiger partial charge in [0, 0.05) is 30.7 Å². The predicted octanol–water partition coefficient (Wildman–Crippen LogP) is 2.75. The Morgan fingerprint density at radius 3 is 3.06 bits per heavy atom. The van der Waals surface area contributed by atoms with Crippen molar-refractivity contribution in [1.29, 1.82) is 0 Å². The molecule has 2 heterocycles. The van der Waals surface area contributed by atoms with Crippen molar-refractivity contribution in [2.24, 2.45) is 5.92 Å².